The lowest BCUT2D eigenvalue weighted by Gasteiger charge is -2.08. The molecule has 1 heterocycles. The Kier molecular flexibility index (Phi) is 3.67. The lowest BCUT2D eigenvalue weighted by molar-refractivity contribution is 0.102. The summed E-state index contributed by atoms with van der Waals surface area (Å²) in [5, 5.41) is 15.6. The maximum Gasteiger partial charge on any atom is 0.257 e. The van der Waals surface area contributed by atoms with Crippen molar-refractivity contribution in [3.05, 3.63) is 45.6 Å². The van der Waals surface area contributed by atoms with Gasteiger partial charge in [-0.15, -0.1) is 0 Å². The molecule has 2 aromatic rings. The fraction of sp³-hybridized carbons (Fsp3) is 0.154. The molecule has 1 N–H and O–H groups in total. The third-order valence-corrected chi connectivity index (χ3v) is 3.35. The van der Waals surface area contributed by atoms with E-state index in [0.29, 0.717) is 21.4 Å². The molecule has 6 heteroatoms. The number of aromatic nitrogens is 2. The summed E-state index contributed by atoms with van der Waals surface area (Å²) in [5.41, 5.74) is 1.84. The van der Waals surface area contributed by atoms with Crippen molar-refractivity contribution in [3.8, 4) is 6.07 Å². The molecular formula is C13H11BrN4O. The molecule has 1 aromatic heterocycles. The minimum Gasteiger partial charge on any atom is -0.306 e. The van der Waals surface area contributed by atoms with Crippen molar-refractivity contribution < 1.29 is 4.79 Å². The van der Waals surface area contributed by atoms with Gasteiger partial charge in [0.25, 0.3) is 5.91 Å². The number of hydrogen-bond donors (Lipinski definition) is 1. The molecule has 0 fully saturated rings. The summed E-state index contributed by atoms with van der Waals surface area (Å²) in [6.45, 7) is 1.91. The Balaban J connectivity index is 2.34. The highest BCUT2D eigenvalue weighted by Crippen LogP contribution is 2.20. The highest BCUT2D eigenvalue weighted by Gasteiger charge is 2.15. The fourth-order valence-corrected chi connectivity index (χ4v) is 2.08. The van der Waals surface area contributed by atoms with Gasteiger partial charge in [-0.1, -0.05) is 11.6 Å². The van der Waals surface area contributed by atoms with E-state index in [4.69, 9.17) is 5.26 Å². The molecule has 0 bridgehead atoms. The number of carbonyl (C=O) groups excluding carboxylic acids is 1. The number of rotatable bonds is 2. The minimum atomic E-state index is -0.282. The van der Waals surface area contributed by atoms with Gasteiger partial charge in [0.2, 0.25) is 0 Å². The van der Waals surface area contributed by atoms with Crippen LogP contribution in [0.4, 0.5) is 5.82 Å². The van der Waals surface area contributed by atoms with Gasteiger partial charge in [-0.25, -0.2) is 0 Å². The van der Waals surface area contributed by atoms with Crippen molar-refractivity contribution in [2.24, 2.45) is 7.05 Å². The van der Waals surface area contributed by atoms with Gasteiger partial charge in [0, 0.05) is 11.5 Å². The van der Waals surface area contributed by atoms with Crippen molar-refractivity contribution in [1.29, 1.82) is 5.26 Å². The van der Waals surface area contributed by atoms with Crippen LogP contribution in [0.15, 0.2) is 28.9 Å². The molecule has 19 heavy (non-hydrogen) atoms. The average Bonchev–Trinajstić information content (AvgIpc) is 2.73. The van der Waals surface area contributed by atoms with E-state index in [2.05, 4.69) is 26.3 Å². The summed E-state index contributed by atoms with van der Waals surface area (Å²) in [6, 6.07) is 7.50. The molecule has 0 spiro atoms. The summed E-state index contributed by atoms with van der Waals surface area (Å²) < 4.78 is 2.16. The van der Waals surface area contributed by atoms with Crippen LogP contribution in [0.3, 0.4) is 0 Å². The smallest absolute Gasteiger partial charge is 0.257 e. The summed E-state index contributed by atoms with van der Waals surface area (Å²) in [6.07, 6.45) is 1.42. The van der Waals surface area contributed by atoms with Crippen LogP contribution in [0.1, 0.15) is 21.5 Å². The third-order valence-electron chi connectivity index (χ3n) is 2.66. The molecule has 0 saturated carbocycles. The summed E-state index contributed by atoms with van der Waals surface area (Å²) in [5.74, 6) is 0.108. The number of hydrogen-bond acceptors (Lipinski definition) is 3. The molecule has 0 saturated heterocycles. The Hall–Kier alpha value is -2.13. The Bertz CT molecular complexity index is 684. The van der Waals surface area contributed by atoms with Crippen LogP contribution in [0.25, 0.3) is 0 Å². The number of anilines is 1. The van der Waals surface area contributed by atoms with Gasteiger partial charge in [-0.05, 0) is 35.0 Å². The Morgan fingerprint density at radius 1 is 1.53 bits per heavy atom. The normalized spacial score (nSPS) is 10.0. The zero-order valence-corrected chi connectivity index (χ0v) is 12.0. The maximum atomic E-state index is 12.2. The van der Waals surface area contributed by atoms with E-state index in [9.17, 15) is 4.79 Å². The van der Waals surface area contributed by atoms with E-state index in [1.807, 2.05) is 25.1 Å². The number of amides is 1. The average molecular weight is 319 g/mol. The lowest BCUT2D eigenvalue weighted by Crippen LogP contribution is -2.16. The van der Waals surface area contributed by atoms with Crippen LogP contribution in [0, 0.1) is 18.3 Å². The number of nitrogens with zero attached hydrogens (tertiary/aromatic N) is 3. The van der Waals surface area contributed by atoms with Gasteiger partial charge in [-0.3, -0.25) is 9.48 Å². The second-order valence-corrected chi connectivity index (χ2v) is 4.93. The first-order valence-electron chi connectivity index (χ1n) is 5.52. The second-order valence-electron chi connectivity index (χ2n) is 4.08. The molecule has 0 aliphatic heterocycles. The fourth-order valence-electron chi connectivity index (χ4n) is 1.66. The predicted octanol–water partition coefficient (Wildman–Crippen LogP) is 2.62. The molecule has 5 nitrogen and oxygen atoms in total. The van der Waals surface area contributed by atoms with Crippen molar-refractivity contribution >= 4 is 27.7 Å². The quantitative estimate of drug-likeness (QED) is 0.925. The largest absolute Gasteiger partial charge is 0.306 e. The van der Waals surface area contributed by atoms with E-state index in [1.165, 1.54) is 10.9 Å². The molecule has 2 rings (SSSR count). The first-order chi connectivity index (χ1) is 9.02. The van der Waals surface area contributed by atoms with Gasteiger partial charge < -0.3 is 5.32 Å². The van der Waals surface area contributed by atoms with Crippen LogP contribution in [0.2, 0.25) is 0 Å². The summed E-state index contributed by atoms with van der Waals surface area (Å²) >= 11 is 3.34. The maximum absolute atomic E-state index is 12.2. The molecule has 0 aliphatic carbocycles. The zero-order valence-electron chi connectivity index (χ0n) is 10.4. The van der Waals surface area contributed by atoms with Crippen molar-refractivity contribution in [2.75, 3.05) is 5.32 Å². The van der Waals surface area contributed by atoms with E-state index >= 15 is 0 Å². The van der Waals surface area contributed by atoms with Gasteiger partial charge in [0.1, 0.15) is 17.5 Å². The SMILES string of the molecule is Cc1ccc(Br)c(C(=O)Nc2c(C#N)cnn2C)c1. The van der Waals surface area contributed by atoms with Gasteiger partial charge in [0.15, 0.2) is 0 Å². The van der Waals surface area contributed by atoms with Crippen LogP contribution in [-0.4, -0.2) is 15.7 Å². The van der Waals surface area contributed by atoms with Crippen LogP contribution < -0.4 is 5.32 Å². The molecule has 0 atom stereocenters. The van der Waals surface area contributed by atoms with Crippen molar-refractivity contribution in [3.63, 3.8) is 0 Å². The highest BCUT2D eigenvalue weighted by atomic mass is 79.9. The summed E-state index contributed by atoms with van der Waals surface area (Å²) in [4.78, 5) is 12.2. The highest BCUT2D eigenvalue weighted by molar-refractivity contribution is 9.10. The molecular weight excluding hydrogens is 308 g/mol. The van der Waals surface area contributed by atoms with Crippen LogP contribution >= 0.6 is 15.9 Å². The second kappa shape index (κ2) is 5.24. The topological polar surface area (TPSA) is 70.7 Å². The standard InChI is InChI=1S/C13H11BrN4O/c1-8-3-4-11(14)10(5-8)13(19)17-12-9(6-15)7-16-18(12)2/h3-5,7H,1-2H3,(H,17,19). The number of carbonyl (C=O) groups is 1. The molecule has 0 radical (unpaired) electrons. The van der Waals surface area contributed by atoms with Crippen LogP contribution in [-0.2, 0) is 7.05 Å². The van der Waals surface area contributed by atoms with Crippen molar-refractivity contribution in [2.45, 2.75) is 6.92 Å². The van der Waals surface area contributed by atoms with E-state index in [1.54, 1.807) is 13.1 Å². The first-order valence-corrected chi connectivity index (χ1v) is 6.32. The number of halogens is 1. The number of benzene rings is 1. The molecule has 0 aliphatic rings. The third kappa shape index (κ3) is 2.66. The Morgan fingerprint density at radius 3 is 2.95 bits per heavy atom. The Labute approximate surface area is 119 Å². The molecule has 1 aromatic carbocycles. The molecule has 0 unspecified atom stereocenters. The zero-order chi connectivity index (χ0) is 14.0. The first kappa shape index (κ1) is 13.3. The number of nitrogens with one attached hydrogen (secondary N) is 1. The molecule has 1 amide bonds. The van der Waals surface area contributed by atoms with Crippen molar-refractivity contribution in [1.82, 2.24) is 9.78 Å². The number of nitriles is 1. The summed E-state index contributed by atoms with van der Waals surface area (Å²) in [7, 11) is 1.67. The molecule has 96 valence electrons. The Morgan fingerprint density at radius 2 is 2.26 bits per heavy atom. The monoisotopic (exact) mass is 318 g/mol. The van der Waals surface area contributed by atoms with Gasteiger partial charge >= 0.3 is 0 Å². The van der Waals surface area contributed by atoms with E-state index in [-0.39, 0.29) is 5.91 Å². The van der Waals surface area contributed by atoms with E-state index < -0.39 is 0 Å². The van der Waals surface area contributed by atoms with Crippen LogP contribution in [0.5, 0.6) is 0 Å². The van der Waals surface area contributed by atoms with E-state index in [0.717, 1.165) is 5.56 Å². The van der Waals surface area contributed by atoms with Gasteiger partial charge in [0.05, 0.1) is 11.8 Å². The number of aryl methyl sites for hydroxylation is 2. The predicted molar refractivity (Wildman–Crippen MR) is 74.8 cm³/mol. The van der Waals surface area contributed by atoms with Gasteiger partial charge in [-0.2, -0.15) is 10.4 Å². The minimum absolute atomic E-state index is 0.282. The lowest BCUT2D eigenvalue weighted by atomic mass is 10.1.